The van der Waals surface area contributed by atoms with Crippen LogP contribution in [0.3, 0.4) is 0 Å². The van der Waals surface area contributed by atoms with Gasteiger partial charge >= 0.3 is 0 Å². The number of anilines is 1. The molecule has 1 aromatic rings. The molecule has 138 valence electrons. The number of carbonyl (C=O) groups is 1. The monoisotopic (exact) mass is 349 g/mol. The van der Waals surface area contributed by atoms with E-state index in [-0.39, 0.29) is 17.6 Å². The second kappa shape index (κ2) is 8.80. The van der Waals surface area contributed by atoms with E-state index in [2.05, 4.69) is 17.1 Å². The Balaban J connectivity index is 2.29. The third kappa shape index (κ3) is 4.92. The van der Waals surface area contributed by atoms with Crippen molar-refractivity contribution in [3.05, 3.63) is 33.9 Å². The van der Waals surface area contributed by atoms with Crippen molar-refractivity contribution in [2.24, 2.45) is 5.92 Å². The zero-order valence-corrected chi connectivity index (χ0v) is 15.2. The Bertz CT molecular complexity index is 612. The van der Waals surface area contributed by atoms with Gasteiger partial charge in [-0.15, -0.1) is 0 Å². The van der Waals surface area contributed by atoms with Crippen molar-refractivity contribution in [3.63, 3.8) is 0 Å². The summed E-state index contributed by atoms with van der Waals surface area (Å²) in [5.41, 5.74) is 1.06. The summed E-state index contributed by atoms with van der Waals surface area (Å²) in [4.78, 5) is 25.6. The molecule has 0 spiro atoms. The minimum absolute atomic E-state index is 0.0703. The van der Waals surface area contributed by atoms with E-state index in [1.54, 1.807) is 13.2 Å². The van der Waals surface area contributed by atoms with Crippen LogP contribution in [0, 0.1) is 16.0 Å². The highest BCUT2D eigenvalue weighted by molar-refractivity contribution is 6.00. The molecular weight excluding hydrogens is 322 g/mol. The van der Waals surface area contributed by atoms with Crippen LogP contribution in [0.15, 0.2) is 18.2 Å². The first kappa shape index (κ1) is 19.2. The molecule has 1 amide bonds. The van der Waals surface area contributed by atoms with Gasteiger partial charge < -0.3 is 15.0 Å². The summed E-state index contributed by atoms with van der Waals surface area (Å²) < 4.78 is 5.12. The van der Waals surface area contributed by atoms with Crippen molar-refractivity contribution in [2.75, 3.05) is 31.7 Å². The third-order valence-electron chi connectivity index (χ3n) is 4.76. The Kier molecular flexibility index (Phi) is 6.75. The number of nitrogens with one attached hydrogen (secondary N) is 1. The molecule has 1 atom stereocenters. The van der Waals surface area contributed by atoms with Gasteiger partial charge in [-0.1, -0.05) is 13.8 Å². The molecule has 0 aromatic heterocycles. The predicted octanol–water partition coefficient (Wildman–Crippen LogP) is 2.99. The van der Waals surface area contributed by atoms with Crippen LogP contribution in [0.25, 0.3) is 0 Å². The van der Waals surface area contributed by atoms with Crippen LogP contribution < -0.4 is 10.2 Å². The van der Waals surface area contributed by atoms with E-state index in [1.165, 1.54) is 12.1 Å². The second-order valence-electron chi connectivity index (χ2n) is 6.66. The average molecular weight is 349 g/mol. The summed E-state index contributed by atoms with van der Waals surface area (Å²) >= 11 is 0. The first-order valence-corrected chi connectivity index (χ1v) is 8.79. The minimum Gasteiger partial charge on any atom is -0.383 e. The molecule has 1 N–H and O–H groups in total. The molecule has 1 aliphatic rings. The van der Waals surface area contributed by atoms with Crippen LogP contribution in [0.4, 0.5) is 11.4 Å². The predicted molar refractivity (Wildman–Crippen MR) is 97.1 cm³/mol. The summed E-state index contributed by atoms with van der Waals surface area (Å²) in [6.07, 6.45) is 2.84. The number of methoxy groups -OCH3 is 1. The fraction of sp³-hybridized carbons (Fsp3) is 0.611. The summed E-state index contributed by atoms with van der Waals surface area (Å²) in [6, 6.07) is 4.42. The van der Waals surface area contributed by atoms with Gasteiger partial charge in [0.2, 0.25) is 0 Å². The summed E-state index contributed by atoms with van der Waals surface area (Å²) in [5.74, 6) is 0.374. The van der Waals surface area contributed by atoms with Gasteiger partial charge in [0.15, 0.2) is 0 Å². The zero-order valence-electron chi connectivity index (χ0n) is 15.2. The highest BCUT2D eigenvalue weighted by Crippen LogP contribution is 2.29. The smallest absolute Gasteiger partial charge is 0.270 e. The highest BCUT2D eigenvalue weighted by atomic mass is 16.6. The molecule has 1 unspecified atom stereocenters. The van der Waals surface area contributed by atoms with Gasteiger partial charge in [0.05, 0.1) is 28.8 Å². The topological polar surface area (TPSA) is 84.7 Å². The van der Waals surface area contributed by atoms with Crippen molar-refractivity contribution in [2.45, 2.75) is 39.2 Å². The molecule has 0 radical (unpaired) electrons. The molecule has 7 nitrogen and oxygen atoms in total. The lowest BCUT2D eigenvalue weighted by Gasteiger charge is -2.33. The van der Waals surface area contributed by atoms with E-state index in [4.69, 9.17) is 4.74 Å². The van der Waals surface area contributed by atoms with Crippen LogP contribution in [0.1, 0.15) is 43.5 Å². The zero-order chi connectivity index (χ0) is 18.4. The van der Waals surface area contributed by atoms with Crippen molar-refractivity contribution < 1.29 is 14.5 Å². The SMILES string of the molecule is CCC(COC)NC(=O)c1cc([N+](=O)[O-])ccc1N1CCC(C)CC1. The van der Waals surface area contributed by atoms with Gasteiger partial charge in [-0.05, 0) is 31.2 Å². The normalized spacial score (nSPS) is 16.5. The molecule has 0 aliphatic carbocycles. The number of benzene rings is 1. The Morgan fingerprint density at radius 2 is 2.12 bits per heavy atom. The average Bonchev–Trinajstić information content (AvgIpc) is 2.61. The van der Waals surface area contributed by atoms with Crippen LogP contribution >= 0.6 is 0 Å². The second-order valence-corrected chi connectivity index (χ2v) is 6.66. The minimum atomic E-state index is -0.467. The lowest BCUT2D eigenvalue weighted by atomic mass is 9.97. The van der Waals surface area contributed by atoms with Crippen molar-refractivity contribution in [1.82, 2.24) is 5.32 Å². The van der Waals surface area contributed by atoms with Crippen LogP contribution in [0.2, 0.25) is 0 Å². The maximum Gasteiger partial charge on any atom is 0.270 e. The van der Waals surface area contributed by atoms with Gasteiger partial charge in [0, 0.05) is 32.3 Å². The third-order valence-corrected chi connectivity index (χ3v) is 4.76. The first-order chi connectivity index (χ1) is 12.0. The molecule has 7 heteroatoms. The number of carbonyl (C=O) groups excluding carboxylic acids is 1. The van der Waals surface area contributed by atoms with Gasteiger partial charge in [-0.2, -0.15) is 0 Å². The van der Waals surface area contributed by atoms with Crippen LogP contribution in [-0.4, -0.2) is 43.7 Å². The van der Waals surface area contributed by atoms with Crippen LogP contribution in [0.5, 0.6) is 0 Å². The van der Waals surface area contributed by atoms with E-state index in [0.717, 1.165) is 38.0 Å². The fourth-order valence-corrected chi connectivity index (χ4v) is 3.07. The lowest BCUT2D eigenvalue weighted by Crippen LogP contribution is -2.39. The molecule has 1 aliphatic heterocycles. The quantitative estimate of drug-likeness (QED) is 0.604. The summed E-state index contributed by atoms with van der Waals surface area (Å²) in [6.45, 7) is 6.30. The first-order valence-electron chi connectivity index (χ1n) is 8.79. The number of ether oxygens (including phenoxy) is 1. The molecule has 2 rings (SSSR count). The Hall–Kier alpha value is -2.15. The molecule has 0 saturated carbocycles. The van der Waals surface area contributed by atoms with E-state index >= 15 is 0 Å². The van der Waals surface area contributed by atoms with Crippen molar-refractivity contribution in [3.8, 4) is 0 Å². The molecule has 25 heavy (non-hydrogen) atoms. The van der Waals surface area contributed by atoms with Crippen LogP contribution in [-0.2, 0) is 4.74 Å². The molecule has 1 saturated heterocycles. The molecule has 0 bridgehead atoms. The number of piperidine rings is 1. The molecule has 1 fully saturated rings. The van der Waals surface area contributed by atoms with Gasteiger partial charge in [0.25, 0.3) is 11.6 Å². The van der Waals surface area contributed by atoms with Crippen molar-refractivity contribution >= 4 is 17.3 Å². The largest absolute Gasteiger partial charge is 0.383 e. The maximum absolute atomic E-state index is 12.8. The lowest BCUT2D eigenvalue weighted by molar-refractivity contribution is -0.384. The maximum atomic E-state index is 12.8. The highest BCUT2D eigenvalue weighted by Gasteiger charge is 2.24. The number of nitrogens with zero attached hydrogens (tertiary/aromatic N) is 2. The summed E-state index contributed by atoms with van der Waals surface area (Å²) in [7, 11) is 1.59. The number of hydrogen-bond donors (Lipinski definition) is 1. The number of nitro benzene ring substituents is 1. The van der Waals surface area contributed by atoms with Gasteiger partial charge in [0.1, 0.15) is 0 Å². The molecular formula is C18H27N3O4. The Morgan fingerprint density at radius 3 is 2.68 bits per heavy atom. The number of rotatable bonds is 7. The fourth-order valence-electron chi connectivity index (χ4n) is 3.07. The number of nitro groups is 1. The Morgan fingerprint density at radius 1 is 1.44 bits per heavy atom. The number of non-ortho nitro benzene ring substituents is 1. The van der Waals surface area contributed by atoms with E-state index < -0.39 is 4.92 Å². The number of amides is 1. The summed E-state index contributed by atoms with van der Waals surface area (Å²) in [5, 5.41) is 14.1. The molecule has 1 aromatic carbocycles. The standard InChI is InChI=1S/C18H27N3O4/c1-4-14(12-25-3)19-18(22)16-11-15(21(23)24)5-6-17(16)20-9-7-13(2)8-10-20/h5-6,11,13-14H,4,7-10,12H2,1-3H3,(H,19,22). The van der Waals surface area contributed by atoms with Gasteiger partial charge in [-0.3, -0.25) is 14.9 Å². The Labute approximate surface area is 148 Å². The number of hydrogen-bond acceptors (Lipinski definition) is 5. The van der Waals surface area contributed by atoms with E-state index in [0.29, 0.717) is 18.1 Å². The van der Waals surface area contributed by atoms with E-state index in [1.807, 2.05) is 6.92 Å². The van der Waals surface area contributed by atoms with Crippen molar-refractivity contribution in [1.29, 1.82) is 0 Å². The van der Waals surface area contributed by atoms with E-state index in [9.17, 15) is 14.9 Å². The molecule has 1 heterocycles. The van der Waals surface area contributed by atoms with Gasteiger partial charge in [-0.25, -0.2) is 0 Å².